The second kappa shape index (κ2) is 4.22. The Bertz CT molecular complexity index is 429. The number of nitrogens with one attached hydrogen (secondary N) is 1. The van der Waals surface area contributed by atoms with Gasteiger partial charge in [0, 0.05) is 12.1 Å². The molecule has 0 saturated heterocycles. The third-order valence-electron chi connectivity index (χ3n) is 2.46. The molecule has 0 bridgehead atoms. The fraction of sp³-hybridized carbons (Fsp3) is 0.364. The van der Waals surface area contributed by atoms with E-state index in [-0.39, 0.29) is 5.56 Å². The number of anilines is 1. The zero-order chi connectivity index (χ0) is 11.7. The first kappa shape index (κ1) is 11.1. The highest BCUT2D eigenvalue weighted by molar-refractivity contribution is 6.33. The van der Waals surface area contributed by atoms with Gasteiger partial charge in [0.25, 0.3) is 0 Å². The number of hydrogen-bond donors (Lipinski definition) is 2. The number of rotatable bonds is 4. The lowest BCUT2D eigenvalue weighted by molar-refractivity contribution is 0.0693. The molecule has 16 heavy (non-hydrogen) atoms. The smallest absolute Gasteiger partial charge is 0.339 e. The summed E-state index contributed by atoms with van der Waals surface area (Å²) in [5, 5.41) is 12.6. The second-order valence-corrected chi connectivity index (χ2v) is 4.16. The number of benzene rings is 1. The molecule has 1 aromatic carbocycles. The van der Waals surface area contributed by atoms with Crippen LogP contribution >= 0.6 is 11.6 Å². The highest BCUT2D eigenvalue weighted by Crippen LogP contribution is 2.34. The molecule has 1 fully saturated rings. The summed E-state index contributed by atoms with van der Waals surface area (Å²) in [6, 6.07) is 3.50. The van der Waals surface area contributed by atoms with Crippen LogP contribution in [0.3, 0.4) is 0 Å². The van der Waals surface area contributed by atoms with Gasteiger partial charge in [0.05, 0.1) is 17.8 Å². The minimum absolute atomic E-state index is 0.0776. The van der Waals surface area contributed by atoms with Crippen LogP contribution in [0, 0.1) is 0 Å². The van der Waals surface area contributed by atoms with E-state index in [1.54, 1.807) is 6.07 Å². The van der Waals surface area contributed by atoms with Crippen molar-refractivity contribution in [1.82, 2.24) is 0 Å². The fourth-order valence-corrected chi connectivity index (χ4v) is 1.67. The van der Waals surface area contributed by atoms with Crippen molar-refractivity contribution in [3.05, 3.63) is 22.7 Å². The van der Waals surface area contributed by atoms with Crippen LogP contribution in [0.25, 0.3) is 0 Å². The van der Waals surface area contributed by atoms with Gasteiger partial charge in [0.2, 0.25) is 0 Å². The topological polar surface area (TPSA) is 58.6 Å². The average Bonchev–Trinajstić information content (AvgIpc) is 3.04. The Hall–Kier alpha value is -1.42. The Labute approximate surface area is 98.2 Å². The summed E-state index contributed by atoms with van der Waals surface area (Å²) in [7, 11) is 1.44. The van der Waals surface area contributed by atoms with E-state index in [4.69, 9.17) is 21.4 Å². The highest BCUT2D eigenvalue weighted by Gasteiger charge is 2.23. The fourth-order valence-electron chi connectivity index (χ4n) is 1.45. The van der Waals surface area contributed by atoms with Crippen LogP contribution in [0.5, 0.6) is 5.75 Å². The van der Waals surface area contributed by atoms with Crippen LogP contribution in [0.2, 0.25) is 5.02 Å². The van der Waals surface area contributed by atoms with Gasteiger partial charge in [-0.25, -0.2) is 4.79 Å². The summed E-state index contributed by atoms with van der Waals surface area (Å²) in [6.45, 7) is 0. The molecule has 0 unspecified atom stereocenters. The molecule has 1 saturated carbocycles. The number of hydrogen-bond acceptors (Lipinski definition) is 3. The number of ether oxygens (including phenoxy) is 1. The van der Waals surface area contributed by atoms with Crippen LogP contribution in [0.1, 0.15) is 23.2 Å². The first-order valence-electron chi connectivity index (χ1n) is 4.99. The molecule has 1 aliphatic carbocycles. The SMILES string of the molecule is COc1cc(NC2CC2)c(Cl)cc1C(=O)O. The van der Waals surface area contributed by atoms with Gasteiger partial charge in [-0.15, -0.1) is 0 Å². The highest BCUT2D eigenvalue weighted by atomic mass is 35.5. The summed E-state index contributed by atoms with van der Waals surface area (Å²) in [5.74, 6) is -0.725. The lowest BCUT2D eigenvalue weighted by Gasteiger charge is -2.11. The van der Waals surface area contributed by atoms with Crippen molar-refractivity contribution in [2.24, 2.45) is 0 Å². The molecule has 0 spiro atoms. The van der Waals surface area contributed by atoms with E-state index in [0.717, 1.165) is 18.5 Å². The molecule has 2 rings (SSSR count). The second-order valence-electron chi connectivity index (χ2n) is 3.76. The maximum absolute atomic E-state index is 10.9. The van der Waals surface area contributed by atoms with Crippen LogP contribution in [0.4, 0.5) is 5.69 Å². The van der Waals surface area contributed by atoms with Gasteiger partial charge < -0.3 is 15.2 Å². The first-order chi connectivity index (χ1) is 7.61. The maximum atomic E-state index is 10.9. The lowest BCUT2D eigenvalue weighted by Crippen LogP contribution is -2.05. The lowest BCUT2D eigenvalue weighted by atomic mass is 10.1. The molecule has 1 aliphatic rings. The molecule has 0 atom stereocenters. The van der Waals surface area contributed by atoms with E-state index >= 15 is 0 Å². The molecule has 5 heteroatoms. The van der Waals surface area contributed by atoms with Crippen molar-refractivity contribution in [2.75, 3.05) is 12.4 Å². The molecule has 0 amide bonds. The molecule has 1 aromatic rings. The summed E-state index contributed by atoms with van der Waals surface area (Å²) in [5.41, 5.74) is 0.805. The number of aromatic carboxylic acids is 1. The minimum Gasteiger partial charge on any atom is -0.496 e. The minimum atomic E-state index is -1.04. The molecule has 0 radical (unpaired) electrons. The zero-order valence-electron chi connectivity index (χ0n) is 8.79. The van der Waals surface area contributed by atoms with E-state index in [2.05, 4.69) is 5.32 Å². The molecule has 4 nitrogen and oxygen atoms in total. The molecule has 0 aliphatic heterocycles. The average molecular weight is 242 g/mol. The Balaban J connectivity index is 2.36. The Kier molecular flexibility index (Phi) is 2.92. The van der Waals surface area contributed by atoms with Gasteiger partial charge in [-0.2, -0.15) is 0 Å². The normalized spacial score (nSPS) is 14.6. The molecular formula is C11H12ClNO3. The predicted molar refractivity (Wildman–Crippen MR) is 61.6 cm³/mol. The van der Waals surface area contributed by atoms with Crippen LogP contribution in [0.15, 0.2) is 12.1 Å². The van der Waals surface area contributed by atoms with Crippen molar-refractivity contribution in [3.63, 3.8) is 0 Å². The number of methoxy groups -OCH3 is 1. The molecular weight excluding hydrogens is 230 g/mol. The van der Waals surface area contributed by atoms with E-state index in [1.165, 1.54) is 13.2 Å². The van der Waals surface area contributed by atoms with E-state index in [0.29, 0.717) is 16.8 Å². The predicted octanol–water partition coefficient (Wildman–Crippen LogP) is 2.62. The maximum Gasteiger partial charge on any atom is 0.339 e. The number of halogens is 1. The van der Waals surface area contributed by atoms with Gasteiger partial charge in [0.15, 0.2) is 0 Å². The van der Waals surface area contributed by atoms with Crippen molar-refractivity contribution in [3.8, 4) is 5.75 Å². The van der Waals surface area contributed by atoms with E-state index in [9.17, 15) is 4.79 Å². The van der Waals surface area contributed by atoms with Gasteiger partial charge in [-0.1, -0.05) is 11.6 Å². The Morgan fingerprint density at radius 2 is 2.25 bits per heavy atom. The largest absolute Gasteiger partial charge is 0.496 e. The van der Waals surface area contributed by atoms with Gasteiger partial charge in [0.1, 0.15) is 11.3 Å². The summed E-state index contributed by atoms with van der Waals surface area (Å²) < 4.78 is 5.02. The van der Waals surface area contributed by atoms with Crippen LogP contribution < -0.4 is 10.1 Å². The van der Waals surface area contributed by atoms with Gasteiger partial charge in [-0.05, 0) is 18.9 Å². The zero-order valence-corrected chi connectivity index (χ0v) is 9.54. The first-order valence-corrected chi connectivity index (χ1v) is 5.37. The summed E-state index contributed by atoms with van der Waals surface area (Å²) in [6.07, 6.45) is 2.25. The van der Waals surface area contributed by atoms with Gasteiger partial charge >= 0.3 is 5.97 Å². The van der Waals surface area contributed by atoms with Crippen molar-refractivity contribution >= 4 is 23.3 Å². The third-order valence-corrected chi connectivity index (χ3v) is 2.77. The van der Waals surface area contributed by atoms with E-state index < -0.39 is 5.97 Å². The van der Waals surface area contributed by atoms with Crippen molar-refractivity contribution in [1.29, 1.82) is 0 Å². The Morgan fingerprint density at radius 1 is 1.56 bits per heavy atom. The van der Waals surface area contributed by atoms with E-state index in [1.807, 2.05) is 0 Å². The van der Waals surface area contributed by atoms with Crippen molar-refractivity contribution < 1.29 is 14.6 Å². The standard InChI is InChI=1S/C11H12ClNO3/c1-16-10-5-9(13-6-2-3-6)8(12)4-7(10)11(14)15/h4-6,13H,2-3H2,1H3,(H,14,15). The Morgan fingerprint density at radius 3 is 2.75 bits per heavy atom. The number of carboxylic acids is 1. The van der Waals surface area contributed by atoms with Crippen LogP contribution in [-0.2, 0) is 0 Å². The monoisotopic (exact) mass is 241 g/mol. The number of carboxylic acid groups (broad SMARTS) is 1. The molecule has 86 valence electrons. The molecule has 2 N–H and O–H groups in total. The summed E-state index contributed by atoms with van der Waals surface area (Å²) >= 11 is 5.99. The van der Waals surface area contributed by atoms with Gasteiger partial charge in [-0.3, -0.25) is 0 Å². The molecule has 0 aromatic heterocycles. The third kappa shape index (κ3) is 2.22. The van der Waals surface area contributed by atoms with Crippen molar-refractivity contribution in [2.45, 2.75) is 18.9 Å². The molecule has 0 heterocycles. The van der Waals surface area contributed by atoms with Crippen LogP contribution in [-0.4, -0.2) is 24.2 Å². The summed E-state index contributed by atoms with van der Waals surface area (Å²) in [4.78, 5) is 10.9. The number of carbonyl (C=O) groups is 1. The quantitative estimate of drug-likeness (QED) is 0.851.